The number of nitrogens with one attached hydrogen (secondary N) is 2. The van der Waals surface area contributed by atoms with Crippen molar-refractivity contribution in [2.75, 3.05) is 13.6 Å². The number of rotatable bonds is 3. The van der Waals surface area contributed by atoms with Crippen molar-refractivity contribution in [3.63, 3.8) is 0 Å². The number of amides is 2. The van der Waals surface area contributed by atoms with E-state index in [0.717, 1.165) is 0 Å². The molecular formula is C13H12FN3O2. The average molecular weight is 261 g/mol. The second-order valence-electron chi connectivity index (χ2n) is 3.89. The molecule has 1 heterocycles. The van der Waals surface area contributed by atoms with Gasteiger partial charge in [0.05, 0.1) is 12.1 Å². The van der Waals surface area contributed by atoms with Crippen LogP contribution in [0.1, 0.15) is 10.5 Å². The zero-order valence-corrected chi connectivity index (χ0v) is 10.2. The lowest BCUT2D eigenvalue weighted by molar-refractivity contribution is -0.119. The molecule has 1 aromatic carbocycles. The summed E-state index contributed by atoms with van der Waals surface area (Å²) < 4.78 is 13.0. The highest BCUT2D eigenvalue weighted by Gasteiger charge is 2.09. The number of hydrogen-bond donors (Lipinski definition) is 2. The Morgan fingerprint density at radius 1 is 1.26 bits per heavy atom. The maximum Gasteiger partial charge on any atom is 0.270 e. The predicted molar refractivity (Wildman–Crippen MR) is 68.1 cm³/mol. The molecule has 0 radical (unpaired) electrons. The molecule has 0 aliphatic heterocycles. The third kappa shape index (κ3) is 3.04. The lowest BCUT2D eigenvalue weighted by atomic mass is 10.2. The summed E-state index contributed by atoms with van der Waals surface area (Å²) in [6.07, 6.45) is 0. The van der Waals surface area contributed by atoms with E-state index >= 15 is 0 Å². The molecule has 0 unspecified atom stereocenters. The summed E-state index contributed by atoms with van der Waals surface area (Å²) in [5.74, 6) is -1.10. The normalized spacial score (nSPS) is 10.2. The van der Waals surface area contributed by atoms with Gasteiger partial charge in [0.2, 0.25) is 5.91 Å². The SMILES string of the molecule is CNC(=O)CNC(=O)c1ccc2cc(F)ccc2n1. The fourth-order valence-corrected chi connectivity index (χ4v) is 1.56. The van der Waals surface area contributed by atoms with Crippen LogP contribution in [0.5, 0.6) is 0 Å². The minimum absolute atomic E-state index is 0.113. The molecule has 5 nitrogen and oxygen atoms in total. The van der Waals surface area contributed by atoms with E-state index in [9.17, 15) is 14.0 Å². The summed E-state index contributed by atoms with van der Waals surface area (Å²) >= 11 is 0. The number of benzene rings is 1. The zero-order valence-electron chi connectivity index (χ0n) is 10.2. The molecule has 0 saturated carbocycles. The summed E-state index contributed by atoms with van der Waals surface area (Å²) in [4.78, 5) is 26.9. The van der Waals surface area contributed by atoms with Crippen LogP contribution < -0.4 is 10.6 Å². The van der Waals surface area contributed by atoms with Crippen LogP contribution in [0.25, 0.3) is 10.9 Å². The largest absolute Gasteiger partial charge is 0.358 e. The molecule has 0 fully saturated rings. The molecule has 0 bridgehead atoms. The molecular weight excluding hydrogens is 249 g/mol. The van der Waals surface area contributed by atoms with E-state index in [1.54, 1.807) is 6.07 Å². The third-order valence-corrected chi connectivity index (χ3v) is 2.57. The number of nitrogens with zero attached hydrogens (tertiary/aromatic N) is 1. The van der Waals surface area contributed by atoms with Crippen molar-refractivity contribution in [3.05, 3.63) is 41.8 Å². The molecule has 2 amide bonds. The number of pyridine rings is 1. The molecule has 2 rings (SSSR count). The molecule has 2 N–H and O–H groups in total. The molecule has 0 aliphatic carbocycles. The highest BCUT2D eigenvalue weighted by molar-refractivity contribution is 5.96. The van der Waals surface area contributed by atoms with Crippen LogP contribution in [-0.4, -0.2) is 30.4 Å². The second kappa shape index (κ2) is 5.43. The highest BCUT2D eigenvalue weighted by Crippen LogP contribution is 2.14. The summed E-state index contributed by atoms with van der Waals surface area (Å²) in [5, 5.41) is 5.44. The van der Waals surface area contributed by atoms with Crippen molar-refractivity contribution >= 4 is 22.7 Å². The summed E-state index contributed by atoms with van der Waals surface area (Å²) in [5.41, 5.74) is 0.706. The third-order valence-electron chi connectivity index (χ3n) is 2.57. The van der Waals surface area contributed by atoms with Crippen LogP contribution in [-0.2, 0) is 4.79 Å². The number of halogens is 1. The zero-order chi connectivity index (χ0) is 13.8. The van der Waals surface area contributed by atoms with E-state index in [1.165, 1.54) is 31.3 Å². The first-order valence-electron chi connectivity index (χ1n) is 5.65. The van der Waals surface area contributed by atoms with Gasteiger partial charge in [0.15, 0.2) is 0 Å². The van der Waals surface area contributed by atoms with E-state index in [-0.39, 0.29) is 24.0 Å². The minimum Gasteiger partial charge on any atom is -0.358 e. The van der Waals surface area contributed by atoms with Gasteiger partial charge in [-0.05, 0) is 24.3 Å². The van der Waals surface area contributed by atoms with Gasteiger partial charge < -0.3 is 10.6 Å². The summed E-state index contributed by atoms with van der Waals surface area (Å²) in [6, 6.07) is 7.22. The van der Waals surface area contributed by atoms with Crippen LogP contribution in [0, 0.1) is 5.82 Å². The smallest absolute Gasteiger partial charge is 0.270 e. The van der Waals surface area contributed by atoms with Gasteiger partial charge in [-0.15, -0.1) is 0 Å². The molecule has 2 aromatic rings. The molecule has 0 saturated heterocycles. The first kappa shape index (κ1) is 12.9. The van der Waals surface area contributed by atoms with E-state index < -0.39 is 5.91 Å². The van der Waals surface area contributed by atoms with Gasteiger partial charge in [-0.25, -0.2) is 9.37 Å². The number of carbonyl (C=O) groups is 2. The highest BCUT2D eigenvalue weighted by atomic mass is 19.1. The van der Waals surface area contributed by atoms with Crippen molar-refractivity contribution in [1.82, 2.24) is 15.6 Å². The Balaban J connectivity index is 2.19. The van der Waals surface area contributed by atoms with Gasteiger partial charge in [-0.2, -0.15) is 0 Å². The van der Waals surface area contributed by atoms with Crippen LogP contribution in [0.2, 0.25) is 0 Å². The maximum absolute atomic E-state index is 13.0. The standard InChI is InChI=1S/C13H12FN3O2/c1-15-12(18)7-16-13(19)11-4-2-8-6-9(14)3-5-10(8)17-11/h2-6H,7H2,1H3,(H,15,18)(H,16,19). The Labute approximate surface area is 108 Å². The van der Waals surface area contributed by atoms with Crippen molar-refractivity contribution in [2.24, 2.45) is 0 Å². The van der Waals surface area contributed by atoms with Gasteiger partial charge in [0.1, 0.15) is 11.5 Å². The summed E-state index contributed by atoms with van der Waals surface area (Å²) in [7, 11) is 1.48. The van der Waals surface area contributed by atoms with Crippen molar-refractivity contribution < 1.29 is 14.0 Å². The minimum atomic E-state index is -0.449. The summed E-state index contributed by atoms with van der Waals surface area (Å²) in [6.45, 7) is -0.113. The molecule has 0 aliphatic rings. The Morgan fingerprint density at radius 2 is 2.05 bits per heavy atom. The Bertz CT molecular complexity index is 643. The second-order valence-corrected chi connectivity index (χ2v) is 3.89. The van der Waals surface area contributed by atoms with Crippen LogP contribution in [0.15, 0.2) is 30.3 Å². The Hall–Kier alpha value is -2.50. The van der Waals surface area contributed by atoms with Gasteiger partial charge in [0, 0.05) is 12.4 Å². The van der Waals surface area contributed by atoms with Crippen molar-refractivity contribution in [1.29, 1.82) is 0 Å². The Kier molecular flexibility index (Phi) is 3.70. The van der Waals surface area contributed by atoms with Crippen molar-refractivity contribution in [3.8, 4) is 0 Å². The average Bonchev–Trinajstić information content (AvgIpc) is 2.43. The topological polar surface area (TPSA) is 71.1 Å². The molecule has 0 spiro atoms. The van der Waals surface area contributed by atoms with Gasteiger partial charge in [0.25, 0.3) is 5.91 Å². The van der Waals surface area contributed by atoms with E-state index in [1.807, 2.05) is 0 Å². The van der Waals surface area contributed by atoms with E-state index in [2.05, 4.69) is 15.6 Å². The van der Waals surface area contributed by atoms with Crippen molar-refractivity contribution in [2.45, 2.75) is 0 Å². The molecule has 1 aromatic heterocycles. The first-order chi connectivity index (χ1) is 9.10. The maximum atomic E-state index is 13.0. The number of fused-ring (bicyclic) bond motifs is 1. The van der Waals surface area contributed by atoms with Gasteiger partial charge in [-0.3, -0.25) is 9.59 Å². The lowest BCUT2D eigenvalue weighted by Gasteiger charge is -2.05. The fraction of sp³-hybridized carbons (Fsp3) is 0.154. The molecule has 0 atom stereocenters. The molecule has 6 heteroatoms. The fourth-order valence-electron chi connectivity index (χ4n) is 1.56. The van der Waals surface area contributed by atoms with Crippen LogP contribution >= 0.6 is 0 Å². The lowest BCUT2D eigenvalue weighted by Crippen LogP contribution is -2.35. The quantitative estimate of drug-likeness (QED) is 0.860. The van der Waals surface area contributed by atoms with Crippen LogP contribution in [0.4, 0.5) is 4.39 Å². The van der Waals surface area contributed by atoms with Crippen LogP contribution in [0.3, 0.4) is 0 Å². The Morgan fingerprint density at radius 3 is 2.79 bits per heavy atom. The first-order valence-corrected chi connectivity index (χ1v) is 5.65. The molecule has 19 heavy (non-hydrogen) atoms. The van der Waals surface area contributed by atoms with E-state index in [4.69, 9.17) is 0 Å². The van der Waals surface area contributed by atoms with Gasteiger partial charge in [-0.1, -0.05) is 6.07 Å². The molecule has 98 valence electrons. The number of carbonyl (C=O) groups excluding carboxylic acids is 2. The predicted octanol–water partition coefficient (Wildman–Crippen LogP) is 0.850. The number of aromatic nitrogens is 1. The number of likely N-dealkylation sites (N-methyl/N-ethyl adjacent to an activating group) is 1. The monoisotopic (exact) mass is 261 g/mol. The van der Waals surface area contributed by atoms with E-state index in [0.29, 0.717) is 10.9 Å². The number of hydrogen-bond acceptors (Lipinski definition) is 3. The van der Waals surface area contributed by atoms with Gasteiger partial charge >= 0.3 is 0 Å².